The smallest absolute Gasteiger partial charge is 0.127 e. The lowest BCUT2D eigenvalue weighted by Gasteiger charge is -2.33. The third-order valence-corrected chi connectivity index (χ3v) is 4.57. The Hall–Kier alpha value is -2.08. The van der Waals surface area contributed by atoms with Crippen molar-refractivity contribution in [1.82, 2.24) is 4.90 Å². The molecule has 1 aliphatic rings. The quantitative estimate of drug-likeness (QED) is 0.787. The third kappa shape index (κ3) is 5.21. The predicted octanol–water partition coefficient (Wildman–Crippen LogP) is 2.86. The first-order valence-electron chi connectivity index (χ1n) is 9.07. The van der Waals surface area contributed by atoms with Crippen LogP contribution in [0, 0.1) is 0 Å². The number of hydrogen-bond donors (Lipinski definition) is 1. The molecular formula is C21H27NO4. The Morgan fingerprint density at radius 2 is 2.04 bits per heavy atom. The van der Waals surface area contributed by atoms with E-state index in [1.54, 1.807) is 7.11 Å². The van der Waals surface area contributed by atoms with Gasteiger partial charge in [0.1, 0.15) is 18.1 Å². The summed E-state index contributed by atoms with van der Waals surface area (Å²) in [5.41, 5.74) is 2.27. The summed E-state index contributed by atoms with van der Waals surface area (Å²) in [4.78, 5) is 2.34. The lowest BCUT2D eigenvalue weighted by molar-refractivity contribution is -0.0408. The van der Waals surface area contributed by atoms with Gasteiger partial charge in [0.05, 0.1) is 19.8 Å². The second kappa shape index (κ2) is 9.57. The highest BCUT2D eigenvalue weighted by Crippen LogP contribution is 2.27. The second-order valence-corrected chi connectivity index (χ2v) is 6.49. The number of nitrogens with zero attached hydrogens (tertiary/aromatic N) is 1. The molecule has 0 aromatic heterocycles. The Bertz CT molecular complexity index is 675. The Morgan fingerprint density at radius 1 is 1.19 bits per heavy atom. The van der Waals surface area contributed by atoms with Crippen molar-refractivity contribution >= 4 is 0 Å². The first-order chi connectivity index (χ1) is 12.8. The van der Waals surface area contributed by atoms with Crippen molar-refractivity contribution in [2.75, 3.05) is 33.4 Å². The molecule has 0 bridgehead atoms. The zero-order chi connectivity index (χ0) is 18.2. The molecule has 2 aromatic rings. The highest BCUT2D eigenvalue weighted by Gasteiger charge is 2.21. The van der Waals surface area contributed by atoms with Crippen LogP contribution < -0.4 is 9.47 Å². The van der Waals surface area contributed by atoms with E-state index in [0.29, 0.717) is 19.6 Å². The molecule has 140 valence electrons. The fourth-order valence-electron chi connectivity index (χ4n) is 3.17. The molecule has 26 heavy (non-hydrogen) atoms. The summed E-state index contributed by atoms with van der Waals surface area (Å²) in [5.74, 6) is 1.63. The van der Waals surface area contributed by atoms with E-state index in [0.717, 1.165) is 42.3 Å². The number of aliphatic hydroxyl groups is 1. The molecule has 0 unspecified atom stereocenters. The molecule has 0 spiro atoms. The maximum atomic E-state index is 9.11. The van der Waals surface area contributed by atoms with Gasteiger partial charge in [-0.05, 0) is 18.1 Å². The summed E-state index contributed by atoms with van der Waals surface area (Å²) >= 11 is 0. The van der Waals surface area contributed by atoms with E-state index in [1.165, 1.54) is 0 Å². The van der Waals surface area contributed by atoms with E-state index in [9.17, 15) is 0 Å². The van der Waals surface area contributed by atoms with Gasteiger partial charge in [0.15, 0.2) is 0 Å². The predicted molar refractivity (Wildman–Crippen MR) is 100 cm³/mol. The minimum absolute atomic E-state index is 0.105. The summed E-state index contributed by atoms with van der Waals surface area (Å²) in [7, 11) is 1.69. The fraction of sp³-hybridized carbons (Fsp3) is 0.429. The SMILES string of the molecule is COc1cc(OCc2ccccc2)ccc1CN1CCO[C@@H](CCO)C1. The van der Waals surface area contributed by atoms with Gasteiger partial charge in [0.25, 0.3) is 0 Å². The van der Waals surface area contributed by atoms with Crippen molar-refractivity contribution in [1.29, 1.82) is 0 Å². The highest BCUT2D eigenvalue weighted by atomic mass is 16.5. The largest absolute Gasteiger partial charge is 0.496 e. The van der Waals surface area contributed by atoms with Gasteiger partial charge in [0.2, 0.25) is 0 Å². The summed E-state index contributed by atoms with van der Waals surface area (Å²) in [6.45, 7) is 3.91. The lowest BCUT2D eigenvalue weighted by atomic mass is 10.1. The molecule has 5 nitrogen and oxygen atoms in total. The molecule has 5 heteroatoms. The molecular weight excluding hydrogens is 330 g/mol. The van der Waals surface area contributed by atoms with E-state index in [2.05, 4.69) is 11.0 Å². The molecule has 1 atom stereocenters. The standard InChI is InChI=1S/C21H27NO4/c1-24-21-13-19(26-16-17-5-3-2-4-6-17)8-7-18(21)14-22-10-12-25-20(15-22)9-11-23/h2-8,13,20,23H,9-12,14-16H2,1H3/t20-/m0/s1. The van der Waals surface area contributed by atoms with Crippen molar-refractivity contribution in [2.24, 2.45) is 0 Å². The molecule has 0 amide bonds. The first kappa shape index (κ1) is 18.7. The van der Waals surface area contributed by atoms with E-state index < -0.39 is 0 Å². The van der Waals surface area contributed by atoms with Crippen LogP contribution >= 0.6 is 0 Å². The average molecular weight is 357 g/mol. The van der Waals surface area contributed by atoms with Gasteiger partial charge in [-0.2, -0.15) is 0 Å². The zero-order valence-corrected chi connectivity index (χ0v) is 15.3. The number of aliphatic hydroxyl groups excluding tert-OH is 1. The van der Waals surface area contributed by atoms with Gasteiger partial charge in [-0.1, -0.05) is 36.4 Å². The Morgan fingerprint density at radius 3 is 2.81 bits per heavy atom. The minimum Gasteiger partial charge on any atom is -0.496 e. The summed E-state index contributed by atoms with van der Waals surface area (Å²) in [5, 5.41) is 9.11. The highest BCUT2D eigenvalue weighted by molar-refractivity contribution is 5.41. The van der Waals surface area contributed by atoms with Crippen LogP contribution in [0.25, 0.3) is 0 Å². The van der Waals surface area contributed by atoms with Gasteiger partial charge in [0, 0.05) is 37.9 Å². The molecule has 0 aliphatic carbocycles. The molecule has 2 aromatic carbocycles. The number of methoxy groups -OCH3 is 1. The van der Waals surface area contributed by atoms with Crippen molar-refractivity contribution in [3.05, 3.63) is 59.7 Å². The van der Waals surface area contributed by atoms with Gasteiger partial charge in [-0.25, -0.2) is 0 Å². The number of benzene rings is 2. The van der Waals surface area contributed by atoms with Gasteiger partial charge >= 0.3 is 0 Å². The van der Waals surface area contributed by atoms with Gasteiger partial charge < -0.3 is 19.3 Å². The number of ether oxygens (including phenoxy) is 3. The molecule has 3 rings (SSSR count). The van der Waals surface area contributed by atoms with Crippen molar-refractivity contribution in [3.63, 3.8) is 0 Å². The molecule has 1 aliphatic heterocycles. The van der Waals surface area contributed by atoms with Crippen LogP contribution in [0.15, 0.2) is 48.5 Å². The molecule has 1 N–H and O–H groups in total. The molecule has 0 radical (unpaired) electrons. The molecule has 0 saturated carbocycles. The third-order valence-electron chi connectivity index (χ3n) is 4.57. The molecule has 1 saturated heterocycles. The van der Waals surface area contributed by atoms with Gasteiger partial charge in [-0.3, -0.25) is 4.90 Å². The average Bonchev–Trinajstić information content (AvgIpc) is 2.68. The van der Waals surface area contributed by atoms with E-state index in [1.807, 2.05) is 42.5 Å². The number of hydrogen-bond acceptors (Lipinski definition) is 5. The van der Waals surface area contributed by atoms with Crippen LogP contribution in [-0.2, 0) is 17.9 Å². The van der Waals surface area contributed by atoms with Crippen molar-refractivity contribution < 1.29 is 19.3 Å². The normalized spacial score (nSPS) is 17.8. The van der Waals surface area contributed by atoms with Gasteiger partial charge in [-0.15, -0.1) is 0 Å². The zero-order valence-electron chi connectivity index (χ0n) is 15.3. The lowest BCUT2D eigenvalue weighted by Crippen LogP contribution is -2.42. The molecule has 1 fully saturated rings. The van der Waals surface area contributed by atoms with E-state index in [4.69, 9.17) is 19.3 Å². The number of rotatable bonds is 8. The summed E-state index contributed by atoms with van der Waals surface area (Å²) in [6, 6.07) is 16.1. The summed E-state index contributed by atoms with van der Waals surface area (Å²) < 4.78 is 17.1. The monoisotopic (exact) mass is 357 g/mol. The maximum Gasteiger partial charge on any atom is 0.127 e. The van der Waals surface area contributed by atoms with Crippen LogP contribution in [0.2, 0.25) is 0 Å². The van der Waals surface area contributed by atoms with Crippen molar-refractivity contribution in [3.8, 4) is 11.5 Å². The Labute approximate surface area is 155 Å². The van der Waals surface area contributed by atoms with Crippen LogP contribution in [0.5, 0.6) is 11.5 Å². The number of morpholine rings is 1. The Kier molecular flexibility index (Phi) is 6.89. The van der Waals surface area contributed by atoms with Crippen LogP contribution in [0.3, 0.4) is 0 Å². The van der Waals surface area contributed by atoms with Crippen LogP contribution in [0.1, 0.15) is 17.5 Å². The van der Waals surface area contributed by atoms with Crippen LogP contribution in [-0.4, -0.2) is 49.5 Å². The van der Waals surface area contributed by atoms with E-state index >= 15 is 0 Å². The Balaban J connectivity index is 1.61. The second-order valence-electron chi connectivity index (χ2n) is 6.49. The topological polar surface area (TPSA) is 51.2 Å². The van der Waals surface area contributed by atoms with E-state index in [-0.39, 0.29) is 12.7 Å². The molecule has 1 heterocycles. The minimum atomic E-state index is 0.105. The fourth-order valence-corrected chi connectivity index (χ4v) is 3.17. The maximum absolute atomic E-state index is 9.11. The summed E-state index contributed by atoms with van der Waals surface area (Å²) in [6.07, 6.45) is 0.785. The van der Waals surface area contributed by atoms with Crippen molar-refractivity contribution in [2.45, 2.75) is 25.7 Å². The first-order valence-corrected chi connectivity index (χ1v) is 9.07. The van der Waals surface area contributed by atoms with Crippen LogP contribution in [0.4, 0.5) is 0 Å².